The second-order valence-electron chi connectivity index (χ2n) is 6.68. The van der Waals surface area contributed by atoms with Gasteiger partial charge in [0.15, 0.2) is 0 Å². The van der Waals surface area contributed by atoms with Gasteiger partial charge in [0.2, 0.25) is 12.3 Å². The Balaban J connectivity index is 2.78. The van der Waals surface area contributed by atoms with Crippen LogP contribution in [0.2, 0.25) is 0 Å². The zero-order chi connectivity index (χ0) is 22.4. The molecule has 9 heteroatoms. The number of rotatable bonds is 11. The number of nitrogens with zero attached hydrogens (tertiary/aromatic N) is 1. The van der Waals surface area contributed by atoms with Gasteiger partial charge in [-0.1, -0.05) is 60.2 Å². The molecule has 0 saturated carbocycles. The fourth-order valence-electron chi connectivity index (χ4n) is 3.23. The molecule has 2 rings (SSSR count). The lowest BCUT2D eigenvalue weighted by atomic mass is 9.88. The zero-order valence-electron chi connectivity index (χ0n) is 17.1. The molecule has 0 amide bonds. The van der Waals surface area contributed by atoms with E-state index in [0.717, 1.165) is 5.56 Å². The monoisotopic (exact) mass is 437 g/mol. The number of hydrogen-bond donors (Lipinski definition) is 0. The standard InChI is InChI=1S/C21H25FNO6P/c1-4-28-30(27,29-5-2)21(22,20(24)18-9-7-6-8-10-18)19(15-23(25)26)17-13-11-16(3)12-14-17/h6-14,19H,4-5,15H2,1-3H3/t19-,21-/m1/s1. The van der Waals surface area contributed by atoms with Gasteiger partial charge in [0.25, 0.3) is 5.41 Å². The summed E-state index contributed by atoms with van der Waals surface area (Å²) in [5, 5.41) is 8.15. The van der Waals surface area contributed by atoms with Crippen molar-refractivity contribution in [3.05, 3.63) is 81.4 Å². The first-order valence-corrected chi connectivity index (χ1v) is 11.1. The Labute approximate surface area is 174 Å². The second kappa shape index (κ2) is 10.1. The fraction of sp³-hybridized carbons (Fsp3) is 0.381. The van der Waals surface area contributed by atoms with Crippen LogP contribution in [-0.2, 0) is 13.6 Å². The number of halogens is 1. The molecule has 0 aromatic heterocycles. The van der Waals surface area contributed by atoms with Crippen LogP contribution in [0, 0.1) is 17.0 Å². The van der Waals surface area contributed by atoms with Crippen molar-refractivity contribution in [2.75, 3.05) is 19.8 Å². The van der Waals surface area contributed by atoms with Gasteiger partial charge >= 0.3 is 7.60 Å². The molecule has 0 aliphatic heterocycles. The lowest BCUT2D eigenvalue weighted by Gasteiger charge is -2.35. The third kappa shape index (κ3) is 4.83. The smallest absolute Gasteiger partial charge is 0.306 e. The third-order valence-electron chi connectivity index (χ3n) is 4.62. The highest BCUT2D eigenvalue weighted by molar-refractivity contribution is 7.56. The van der Waals surface area contributed by atoms with Gasteiger partial charge in [-0.25, -0.2) is 4.39 Å². The van der Waals surface area contributed by atoms with Crippen molar-refractivity contribution >= 4 is 13.4 Å². The van der Waals surface area contributed by atoms with Gasteiger partial charge < -0.3 is 9.05 Å². The van der Waals surface area contributed by atoms with E-state index in [1.165, 1.54) is 50.2 Å². The number of carbonyl (C=O) groups excluding carboxylic acids is 1. The van der Waals surface area contributed by atoms with Crippen LogP contribution in [0.15, 0.2) is 54.6 Å². The highest BCUT2D eigenvalue weighted by Crippen LogP contribution is 2.66. The van der Waals surface area contributed by atoms with E-state index in [1.54, 1.807) is 25.1 Å². The Bertz CT molecular complexity index is 911. The molecule has 2 atom stereocenters. The summed E-state index contributed by atoms with van der Waals surface area (Å²) < 4.78 is 41.0. The van der Waals surface area contributed by atoms with Gasteiger partial charge in [-0.3, -0.25) is 19.5 Å². The Morgan fingerprint density at radius 1 is 1.10 bits per heavy atom. The van der Waals surface area contributed by atoms with Crippen LogP contribution in [0.3, 0.4) is 0 Å². The van der Waals surface area contributed by atoms with Crippen LogP contribution in [0.1, 0.15) is 41.3 Å². The Morgan fingerprint density at radius 3 is 2.10 bits per heavy atom. The Morgan fingerprint density at radius 2 is 1.63 bits per heavy atom. The van der Waals surface area contributed by atoms with Gasteiger partial charge in [-0.05, 0) is 26.3 Å². The first-order chi connectivity index (χ1) is 14.2. The summed E-state index contributed by atoms with van der Waals surface area (Å²) in [4.78, 5) is 24.1. The van der Waals surface area contributed by atoms with Crippen LogP contribution < -0.4 is 0 Å². The predicted molar refractivity (Wildman–Crippen MR) is 111 cm³/mol. The molecule has 0 fully saturated rings. The molecule has 0 spiro atoms. The molecule has 30 heavy (non-hydrogen) atoms. The van der Waals surface area contributed by atoms with Crippen LogP contribution in [0.4, 0.5) is 4.39 Å². The summed E-state index contributed by atoms with van der Waals surface area (Å²) in [6, 6.07) is 13.6. The van der Waals surface area contributed by atoms with Crippen LogP contribution >= 0.6 is 7.60 Å². The quantitative estimate of drug-likeness (QED) is 0.208. The fourth-order valence-corrected chi connectivity index (χ4v) is 5.35. The van der Waals surface area contributed by atoms with Crippen molar-refractivity contribution in [2.45, 2.75) is 32.1 Å². The van der Waals surface area contributed by atoms with Crippen molar-refractivity contribution in [1.29, 1.82) is 0 Å². The molecular weight excluding hydrogens is 412 g/mol. The van der Waals surface area contributed by atoms with Crippen LogP contribution in [0.5, 0.6) is 0 Å². The van der Waals surface area contributed by atoms with Crippen molar-refractivity contribution in [3.8, 4) is 0 Å². The van der Waals surface area contributed by atoms with Gasteiger partial charge in [-0.2, -0.15) is 0 Å². The minimum atomic E-state index is -4.77. The summed E-state index contributed by atoms with van der Waals surface area (Å²) in [5.41, 5.74) is 0.916. The average Bonchev–Trinajstić information content (AvgIpc) is 2.72. The number of nitro groups is 1. The summed E-state index contributed by atoms with van der Waals surface area (Å²) in [6.45, 7) is 3.38. The molecule has 0 unspecified atom stereocenters. The number of hydrogen-bond acceptors (Lipinski definition) is 6. The molecule has 0 N–H and O–H groups in total. The predicted octanol–water partition coefficient (Wildman–Crippen LogP) is 5.17. The molecule has 2 aromatic rings. The summed E-state index contributed by atoms with van der Waals surface area (Å²) in [7, 11) is -4.77. The van der Waals surface area contributed by atoms with E-state index in [4.69, 9.17) is 9.05 Å². The van der Waals surface area contributed by atoms with Crippen LogP contribution in [0.25, 0.3) is 0 Å². The topological polar surface area (TPSA) is 95.7 Å². The normalized spacial score (nSPS) is 14.7. The van der Waals surface area contributed by atoms with Crippen molar-refractivity contribution in [1.82, 2.24) is 0 Å². The first-order valence-electron chi connectivity index (χ1n) is 9.56. The molecule has 2 aromatic carbocycles. The minimum Gasteiger partial charge on any atom is -0.306 e. The molecule has 0 aliphatic carbocycles. The maximum atomic E-state index is 16.9. The molecule has 0 bridgehead atoms. The second-order valence-corrected chi connectivity index (χ2v) is 8.84. The highest BCUT2D eigenvalue weighted by atomic mass is 31.2. The number of Topliss-reactive ketones (excluding diaryl/α,β-unsaturated/α-hetero) is 1. The summed E-state index contributed by atoms with van der Waals surface area (Å²) in [5.74, 6) is -2.87. The molecule has 7 nitrogen and oxygen atoms in total. The van der Waals surface area contributed by atoms with E-state index in [9.17, 15) is 19.5 Å². The van der Waals surface area contributed by atoms with Gasteiger partial charge in [0.1, 0.15) is 5.92 Å². The van der Waals surface area contributed by atoms with Gasteiger partial charge in [0, 0.05) is 10.5 Å². The van der Waals surface area contributed by atoms with E-state index in [-0.39, 0.29) is 24.3 Å². The molecule has 0 heterocycles. The molecule has 0 saturated heterocycles. The third-order valence-corrected chi connectivity index (χ3v) is 7.13. The number of alkyl halides is 1. The van der Waals surface area contributed by atoms with Crippen molar-refractivity contribution in [3.63, 3.8) is 0 Å². The minimum absolute atomic E-state index is 0.0832. The van der Waals surface area contributed by atoms with Crippen LogP contribution in [-0.4, -0.2) is 35.9 Å². The molecule has 162 valence electrons. The van der Waals surface area contributed by atoms with E-state index in [1.807, 2.05) is 0 Å². The van der Waals surface area contributed by atoms with E-state index < -0.39 is 36.2 Å². The molecule has 0 radical (unpaired) electrons. The zero-order valence-corrected chi connectivity index (χ0v) is 18.0. The Kier molecular flexibility index (Phi) is 8.01. The summed E-state index contributed by atoms with van der Waals surface area (Å²) in [6.07, 6.45) is 0. The number of carbonyl (C=O) groups is 1. The highest BCUT2D eigenvalue weighted by Gasteiger charge is 2.64. The largest absolute Gasteiger partial charge is 0.376 e. The van der Waals surface area contributed by atoms with E-state index in [2.05, 4.69) is 0 Å². The lowest BCUT2D eigenvalue weighted by Crippen LogP contribution is -2.44. The first kappa shape index (κ1) is 23.9. The summed E-state index contributed by atoms with van der Waals surface area (Å²) >= 11 is 0. The van der Waals surface area contributed by atoms with E-state index in [0.29, 0.717) is 0 Å². The Hall–Kier alpha value is -2.41. The number of aryl methyl sites for hydroxylation is 1. The lowest BCUT2D eigenvalue weighted by molar-refractivity contribution is -0.485. The maximum absolute atomic E-state index is 16.9. The molecule has 0 aliphatic rings. The van der Waals surface area contributed by atoms with Gasteiger partial charge in [0.05, 0.1) is 13.2 Å². The number of benzene rings is 2. The van der Waals surface area contributed by atoms with Gasteiger partial charge in [-0.15, -0.1) is 0 Å². The maximum Gasteiger partial charge on any atom is 0.376 e. The van der Waals surface area contributed by atoms with E-state index >= 15 is 4.39 Å². The van der Waals surface area contributed by atoms with Crippen molar-refractivity contribution in [2.24, 2.45) is 0 Å². The average molecular weight is 437 g/mol. The molecular formula is C21H25FNO6P. The van der Waals surface area contributed by atoms with Crippen molar-refractivity contribution < 1.29 is 27.7 Å². The SMILES string of the molecule is CCOP(=O)(OCC)[C@@](F)(C(=O)c1ccccc1)[C@H](C[N+](=O)[O-])c1ccc(C)cc1. The number of ketones is 1.